The molecule has 0 radical (unpaired) electrons. The Kier molecular flexibility index (Phi) is 6.39. The van der Waals surface area contributed by atoms with E-state index in [9.17, 15) is 9.59 Å². The van der Waals surface area contributed by atoms with Gasteiger partial charge in [-0.25, -0.2) is 0 Å². The molecule has 1 N–H and O–H groups in total. The molecule has 0 spiro atoms. The molecule has 4 heteroatoms. The van der Waals surface area contributed by atoms with E-state index in [0.717, 1.165) is 37.3 Å². The van der Waals surface area contributed by atoms with Crippen molar-refractivity contribution in [2.45, 2.75) is 47.0 Å². The van der Waals surface area contributed by atoms with Crippen LogP contribution in [-0.2, 0) is 14.4 Å². The average molecular weight is 240 g/mol. The minimum atomic E-state index is -0.833. The first-order valence-corrected chi connectivity index (χ1v) is 5.69. The van der Waals surface area contributed by atoms with Crippen LogP contribution in [0.4, 0.5) is 0 Å². The molecule has 1 unspecified atom stereocenters. The number of carbonyl (C=O) groups is 3. The first-order chi connectivity index (χ1) is 7.75. The summed E-state index contributed by atoms with van der Waals surface area (Å²) in [6.45, 7) is 6.31. The summed E-state index contributed by atoms with van der Waals surface area (Å²) in [4.78, 5) is 31.5. The van der Waals surface area contributed by atoms with Crippen LogP contribution >= 0.6 is 0 Å². The molecule has 1 aliphatic rings. The molecule has 0 saturated carbocycles. The van der Waals surface area contributed by atoms with Crippen LogP contribution in [0.5, 0.6) is 0 Å². The predicted octanol–water partition coefficient (Wildman–Crippen LogP) is 2.37. The third-order valence-corrected chi connectivity index (χ3v) is 2.65. The van der Waals surface area contributed by atoms with Crippen molar-refractivity contribution >= 4 is 17.5 Å². The maximum atomic E-state index is 11.2. The van der Waals surface area contributed by atoms with E-state index < -0.39 is 5.97 Å². The van der Waals surface area contributed by atoms with E-state index in [2.05, 4.69) is 6.92 Å². The topological polar surface area (TPSA) is 71.4 Å². The van der Waals surface area contributed by atoms with Crippen molar-refractivity contribution in [1.82, 2.24) is 0 Å². The molecule has 1 atom stereocenters. The van der Waals surface area contributed by atoms with Crippen LogP contribution in [0.25, 0.3) is 0 Å². The van der Waals surface area contributed by atoms with E-state index in [-0.39, 0.29) is 11.6 Å². The van der Waals surface area contributed by atoms with Crippen molar-refractivity contribution in [3.8, 4) is 0 Å². The van der Waals surface area contributed by atoms with Gasteiger partial charge in [0.1, 0.15) is 0 Å². The van der Waals surface area contributed by atoms with E-state index in [1.807, 2.05) is 0 Å². The summed E-state index contributed by atoms with van der Waals surface area (Å²) >= 11 is 0. The van der Waals surface area contributed by atoms with Crippen LogP contribution in [-0.4, -0.2) is 22.6 Å². The van der Waals surface area contributed by atoms with Gasteiger partial charge in [-0.05, 0) is 39.0 Å². The highest BCUT2D eigenvalue weighted by molar-refractivity contribution is 6.04. The van der Waals surface area contributed by atoms with Crippen LogP contribution in [0.3, 0.4) is 0 Å². The van der Waals surface area contributed by atoms with E-state index in [0.29, 0.717) is 5.92 Å². The second kappa shape index (κ2) is 6.99. The Bertz CT molecular complexity index is 348. The van der Waals surface area contributed by atoms with Crippen molar-refractivity contribution in [3.05, 3.63) is 11.1 Å². The second-order valence-electron chi connectivity index (χ2n) is 4.44. The van der Waals surface area contributed by atoms with Crippen molar-refractivity contribution in [1.29, 1.82) is 0 Å². The lowest BCUT2D eigenvalue weighted by atomic mass is 9.82. The Morgan fingerprint density at radius 3 is 1.82 bits per heavy atom. The molecule has 0 aromatic rings. The number of ketones is 2. The standard InChI is InChI=1S/C11H16O2.C2H4O2/c1-7-4-5-10(8(2)12)11(6-7)9(3)13;1-2(3)4/h7H,4-6H2,1-3H3;1H3,(H,3,4). The van der Waals surface area contributed by atoms with Crippen LogP contribution in [0.1, 0.15) is 47.0 Å². The van der Waals surface area contributed by atoms with Gasteiger partial charge in [-0.15, -0.1) is 0 Å². The largest absolute Gasteiger partial charge is 0.481 e. The SMILES string of the molecule is CC(=O)C1=C(C(C)=O)CC(C)CC1.CC(=O)O. The first kappa shape index (κ1) is 15.6. The minimum absolute atomic E-state index is 0.0664. The molecule has 0 saturated heterocycles. The van der Waals surface area contributed by atoms with Crippen LogP contribution in [0.15, 0.2) is 11.1 Å². The molecule has 0 fully saturated rings. The molecule has 1 aliphatic carbocycles. The third kappa shape index (κ3) is 6.00. The van der Waals surface area contributed by atoms with Gasteiger partial charge in [0.05, 0.1) is 0 Å². The smallest absolute Gasteiger partial charge is 0.300 e. The summed E-state index contributed by atoms with van der Waals surface area (Å²) in [6, 6.07) is 0. The fourth-order valence-electron chi connectivity index (χ4n) is 1.86. The Balaban J connectivity index is 0.000000557. The molecular weight excluding hydrogens is 220 g/mol. The van der Waals surface area contributed by atoms with Crippen molar-refractivity contribution in [2.24, 2.45) is 5.92 Å². The molecule has 0 aromatic carbocycles. The maximum Gasteiger partial charge on any atom is 0.300 e. The summed E-state index contributed by atoms with van der Waals surface area (Å²) in [6.07, 6.45) is 2.60. The zero-order valence-electron chi connectivity index (χ0n) is 10.9. The molecule has 0 amide bonds. The van der Waals surface area contributed by atoms with E-state index in [4.69, 9.17) is 9.90 Å². The summed E-state index contributed by atoms with van der Waals surface area (Å²) in [7, 11) is 0. The normalized spacial score (nSPS) is 19.2. The highest BCUT2D eigenvalue weighted by atomic mass is 16.4. The van der Waals surface area contributed by atoms with Gasteiger partial charge in [0.15, 0.2) is 11.6 Å². The predicted molar refractivity (Wildman–Crippen MR) is 64.7 cm³/mol. The number of carboxylic acid groups (broad SMARTS) is 1. The Hall–Kier alpha value is -1.45. The van der Waals surface area contributed by atoms with Gasteiger partial charge in [0.2, 0.25) is 0 Å². The van der Waals surface area contributed by atoms with Crippen LogP contribution in [0.2, 0.25) is 0 Å². The summed E-state index contributed by atoms with van der Waals surface area (Å²) in [5.74, 6) is -0.157. The van der Waals surface area contributed by atoms with Gasteiger partial charge in [0.25, 0.3) is 5.97 Å². The Morgan fingerprint density at radius 2 is 1.47 bits per heavy atom. The van der Waals surface area contributed by atoms with Crippen LogP contribution in [0, 0.1) is 5.92 Å². The average Bonchev–Trinajstić information content (AvgIpc) is 2.15. The monoisotopic (exact) mass is 240 g/mol. The third-order valence-electron chi connectivity index (χ3n) is 2.65. The zero-order chi connectivity index (χ0) is 13.6. The number of hydrogen-bond donors (Lipinski definition) is 1. The fourth-order valence-corrected chi connectivity index (χ4v) is 1.86. The molecule has 0 bridgehead atoms. The van der Waals surface area contributed by atoms with Gasteiger partial charge in [-0.1, -0.05) is 6.92 Å². The van der Waals surface area contributed by atoms with Gasteiger partial charge in [-0.3, -0.25) is 14.4 Å². The highest BCUT2D eigenvalue weighted by Crippen LogP contribution is 2.29. The molecule has 0 aliphatic heterocycles. The second-order valence-corrected chi connectivity index (χ2v) is 4.44. The highest BCUT2D eigenvalue weighted by Gasteiger charge is 2.22. The lowest BCUT2D eigenvalue weighted by molar-refractivity contribution is -0.134. The Labute approximate surface area is 102 Å². The zero-order valence-corrected chi connectivity index (χ0v) is 10.9. The van der Waals surface area contributed by atoms with E-state index in [1.54, 1.807) is 13.8 Å². The number of rotatable bonds is 2. The molecule has 96 valence electrons. The molecular formula is C13H20O4. The molecule has 17 heavy (non-hydrogen) atoms. The fraction of sp³-hybridized carbons (Fsp3) is 0.615. The van der Waals surface area contributed by atoms with Gasteiger partial charge in [-0.2, -0.15) is 0 Å². The minimum Gasteiger partial charge on any atom is -0.481 e. The number of carbonyl (C=O) groups excluding carboxylic acids is 2. The van der Waals surface area contributed by atoms with E-state index >= 15 is 0 Å². The van der Waals surface area contributed by atoms with Gasteiger partial charge < -0.3 is 5.11 Å². The molecule has 0 heterocycles. The van der Waals surface area contributed by atoms with Crippen molar-refractivity contribution < 1.29 is 19.5 Å². The van der Waals surface area contributed by atoms with Gasteiger partial charge >= 0.3 is 0 Å². The number of aliphatic carboxylic acids is 1. The van der Waals surface area contributed by atoms with Gasteiger partial charge in [0, 0.05) is 18.1 Å². The summed E-state index contributed by atoms with van der Waals surface area (Å²) in [5, 5.41) is 7.42. The van der Waals surface area contributed by atoms with Crippen LogP contribution < -0.4 is 0 Å². The molecule has 1 rings (SSSR count). The van der Waals surface area contributed by atoms with Crippen molar-refractivity contribution in [3.63, 3.8) is 0 Å². The quantitative estimate of drug-likeness (QED) is 0.804. The lowest BCUT2D eigenvalue weighted by Gasteiger charge is -2.21. The number of hydrogen-bond acceptors (Lipinski definition) is 3. The Morgan fingerprint density at radius 1 is 1.06 bits per heavy atom. The summed E-state index contributed by atoms with van der Waals surface area (Å²) < 4.78 is 0. The molecule has 4 nitrogen and oxygen atoms in total. The first-order valence-electron chi connectivity index (χ1n) is 5.69. The molecule has 0 aromatic heterocycles. The summed E-state index contributed by atoms with van der Waals surface area (Å²) in [5.41, 5.74) is 1.54. The number of Topliss-reactive ketones (excluding diaryl/α,β-unsaturated/α-hetero) is 2. The van der Waals surface area contributed by atoms with E-state index in [1.165, 1.54) is 0 Å². The number of allylic oxidation sites excluding steroid dienone is 2. The number of carboxylic acids is 1. The van der Waals surface area contributed by atoms with Crippen molar-refractivity contribution in [2.75, 3.05) is 0 Å². The maximum absolute atomic E-state index is 11.2. The lowest BCUT2D eigenvalue weighted by Crippen LogP contribution is -2.16.